The standard InChI is InChI=1S/C16H17Cl3N2O2/c1-11-6-8-12(9-7-11)20(2)15(16(17,18)19)21(3)14(22)13-5-4-10-23-13/h4-10,15H,1-3H3. The molecule has 0 aliphatic heterocycles. The third kappa shape index (κ3) is 4.14. The fourth-order valence-corrected chi connectivity index (χ4v) is 3.18. The molecule has 0 aliphatic carbocycles. The largest absolute Gasteiger partial charge is 0.459 e. The molecule has 1 amide bonds. The molecule has 23 heavy (non-hydrogen) atoms. The minimum absolute atomic E-state index is 0.184. The SMILES string of the molecule is Cc1ccc(N(C)C(N(C)C(=O)c2ccco2)C(Cl)(Cl)Cl)cc1. The number of nitrogens with zero attached hydrogens (tertiary/aromatic N) is 2. The summed E-state index contributed by atoms with van der Waals surface area (Å²) in [7, 11) is 3.34. The van der Waals surface area contributed by atoms with Gasteiger partial charge in [-0.1, -0.05) is 52.5 Å². The van der Waals surface area contributed by atoms with Crippen molar-refractivity contribution in [1.82, 2.24) is 4.90 Å². The monoisotopic (exact) mass is 374 g/mol. The summed E-state index contributed by atoms with van der Waals surface area (Å²) in [6.07, 6.45) is 0.613. The minimum atomic E-state index is -1.71. The smallest absolute Gasteiger partial charge is 0.291 e. The van der Waals surface area contributed by atoms with Gasteiger partial charge >= 0.3 is 0 Å². The maximum absolute atomic E-state index is 12.5. The summed E-state index contributed by atoms with van der Waals surface area (Å²) in [5, 5.41) is 0. The molecule has 0 N–H and O–H groups in total. The van der Waals surface area contributed by atoms with Crippen LogP contribution in [0, 0.1) is 6.92 Å². The van der Waals surface area contributed by atoms with Crippen LogP contribution >= 0.6 is 34.8 Å². The third-order valence-corrected chi connectivity index (χ3v) is 4.11. The molecule has 0 spiro atoms. The number of anilines is 1. The molecule has 0 bridgehead atoms. The molecule has 1 heterocycles. The van der Waals surface area contributed by atoms with Crippen molar-refractivity contribution in [3.05, 3.63) is 54.0 Å². The summed E-state index contributed by atoms with van der Waals surface area (Å²) in [6.45, 7) is 1.99. The molecule has 0 saturated carbocycles. The van der Waals surface area contributed by atoms with Crippen molar-refractivity contribution in [3.63, 3.8) is 0 Å². The summed E-state index contributed by atoms with van der Waals surface area (Å²) in [6, 6.07) is 10.9. The molecular weight excluding hydrogens is 359 g/mol. The first-order valence-corrected chi connectivity index (χ1v) is 8.02. The second kappa shape index (κ2) is 7.04. The highest BCUT2D eigenvalue weighted by Gasteiger charge is 2.41. The van der Waals surface area contributed by atoms with Crippen molar-refractivity contribution in [2.24, 2.45) is 0 Å². The number of amides is 1. The Morgan fingerprint density at radius 3 is 2.22 bits per heavy atom. The second-order valence-electron chi connectivity index (χ2n) is 5.26. The van der Waals surface area contributed by atoms with E-state index in [9.17, 15) is 4.79 Å². The van der Waals surface area contributed by atoms with E-state index in [1.807, 2.05) is 31.2 Å². The van der Waals surface area contributed by atoms with Crippen LogP contribution in [0.2, 0.25) is 0 Å². The number of aryl methyl sites for hydroxylation is 1. The topological polar surface area (TPSA) is 36.7 Å². The van der Waals surface area contributed by atoms with E-state index in [0.717, 1.165) is 11.3 Å². The Kier molecular flexibility index (Phi) is 5.50. The van der Waals surface area contributed by atoms with E-state index in [1.54, 1.807) is 31.1 Å². The van der Waals surface area contributed by atoms with Gasteiger partial charge in [-0.05, 0) is 31.2 Å². The van der Waals surface area contributed by atoms with Crippen molar-refractivity contribution < 1.29 is 9.21 Å². The van der Waals surface area contributed by atoms with Crippen LogP contribution in [0.1, 0.15) is 16.1 Å². The number of alkyl halides is 3. The predicted molar refractivity (Wildman–Crippen MR) is 94.5 cm³/mol. The number of rotatable bonds is 4. The predicted octanol–water partition coefficient (Wildman–Crippen LogP) is 4.49. The van der Waals surface area contributed by atoms with Crippen LogP contribution in [0.15, 0.2) is 47.1 Å². The van der Waals surface area contributed by atoms with E-state index in [-0.39, 0.29) is 11.7 Å². The highest BCUT2D eigenvalue weighted by molar-refractivity contribution is 6.68. The van der Waals surface area contributed by atoms with E-state index >= 15 is 0 Å². The van der Waals surface area contributed by atoms with Crippen LogP contribution in [0.3, 0.4) is 0 Å². The van der Waals surface area contributed by atoms with E-state index in [0.29, 0.717) is 0 Å². The zero-order valence-electron chi connectivity index (χ0n) is 13.0. The van der Waals surface area contributed by atoms with Crippen molar-refractivity contribution in [3.8, 4) is 0 Å². The molecule has 1 unspecified atom stereocenters. The van der Waals surface area contributed by atoms with Gasteiger partial charge in [0, 0.05) is 19.8 Å². The lowest BCUT2D eigenvalue weighted by Crippen LogP contribution is -2.55. The molecule has 7 heteroatoms. The summed E-state index contributed by atoms with van der Waals surface area (Å²) in [5.74, 6) is -0.186. The van der Waals surface area contributed by atoms with Crippen LogP contribution in [0.25, 0.3) is 0 Å². The van der Waals surface area contributed by atoms with E-state index in [1.165, 1.54) is 11.2 Å². The average molecular weight is 376 g/mol. The zero-order chi connectivity index (χ0) is 17.2. The van der Waals surface area contributed by atoms with E-state index < -0.39 is 9.96 Å². The Balaban J connectivity index is 2.33. The van der Waals surface area contributed by atoms with Gasteiger partial charge in [-0.25, -0.2) is 0 Å². The van der Waals surface area contributed by atoms with Crippen molar-refractivity contribution in [1.29, 1.82) is 0 Å². The number of carbonyl (C=O) groups excluding carboxylic acids is 1. The highest BCUT2D eigenvalue weighted by Crippen LogP contribution is 2.37. The molecule has 0 saturated heterocycles. The molecule has 4 nitrogen and oxygen atoms in total. The Hall–Kier alpha value is -1.36. The Morgan fingerprint density at radius 2 is 1.74 bits per heavy atom. The van der Waals surface area contributed by atoms with Crippen LogP contribution in [-0.2, 0) is 0 Å². The van der Waals surface area contributed by atoms with Gasteiger partial charge in [0.25, 0.3) is 5.91 Å². The minimum Gasteiger partial charge on any atom is -0.459 e. The Labute approximate surface area is 150 Å². The lowest BCUT2D eigenvalue weighted by atomic mass is 10.2. The molecule has 1 atom stereocenters. The van der Waals surface area contributed by atoms with Crippen molar-refractivity contribution in [2.45, 2.75) is 16.9 Å². The first kappa shape index (κ1) is 18.0. The summed E-state index contributed by atoms with van der Waals surface area (Å²) in [5.41, 5.74) is 1.94. The first-order valence-electron chi connectivity index (χ1n) is 6.88. The fourth-order valence-electron chi connectivity index (χ4n) is 2.31. The molecule has 2 rings (SSSR count). The first-order chi connectivity index (χ1) is 10.7. The fraction of sp³-hybridized carbons (Fsp3) is 0.312. The number of benzene rings is 1. The summed E-state index contributed by atoms with van der Waals surface area (Å²) >= 11 is 18.4. The number of hydrogen-bond acceptors (Lipinski definition) is 3. The van der Waals surface area contributed by atoms with Gasteiger partial charge in [0.1, 0.15) is 0 Å². The van der Waals surface area contributed by atoms with Gasteiger partial charge in [0.2, 0.25) is 3.79 Å². The molecule has 1 aromatic carbocycles. The Morgan fingerprint density at radius 1 is 1.13 bits per heavy atom. The average Bonchev–Trinajstić information content (AvgIpc) is 2.99. The second-order valence-corrected chi connectivity index (χ2v) is 7.62. The summed E-state index contributed by atoms with van der Waals surface area (Å²) in [4.78, 5) is 15.6. The van der Waals surface area contributed by atoms with Gasteiger partial charge in [-0.3, -0.25) is 4.79 Å². The summed E-state index contributed by atoms with van der Waals surface area (Å²) < 4.78 is 3.43. The zero-order valence-corrected chi connectivity index (χ0v) is 15.2. The van der Waals surface area contributed by atoms with Gasteiger partial charge in [-0.2, -0.15) is 0 Å². The third-order valence-electron chi connectivity index (χ3n) is 3.52. The van der Waals surface area contributed by atoms with Gasteiger partial charge in [0.05, 0.1) is 6.26 Å². The van der Waals surface area contributed by atoms with Gasteiger partial charge in [-0.15, -0.1) is 0 Å². The molecule has 0 fully saturated rings. The van der Waals surface area contributed by atoms with Crippen molar-refractivity contribution in [2.75, 3.05) is 19.0 Å². The molecule has 2 aromatic rings. The van der Waals surface area contributed by atoms with Gasteiger partial charge in [0.15, 0.2) is 11.9 Å². The lowest BCUT2D eigenvalue weighted by molar-refractivity contribution is 0.0700. The number of halogens is 3. The maximum Gasteiger partial charge on any atom is 0.291 e. The highest BCUT2D eigenvalue weighted by atomic mass is 35.6. The number of furan rings is 1. The number of hydrogen-bond donors (Lipinski definition) is 0. The van der Waals surface area contributed by atoms with E-state index in [2.05, 4.69) is 0 Å². The van der Waals surface area contributed by atoms with Crippen molar-refractivity contribution >= 4 is 46.4 Å². The normalized spacial score (nSPS) is 12.8. The van der Waals surface area contributed by atoms with Crippen LogP contribution < -0.4 is 4.90 Å². The quantitative estimate of drug-likeness (QED) is 0.583. The van der Waals surface area contributed by atoms with Crippen LogP contribution in [-0.4, -0.2) is 34.9 Å². The number of carbonyl (C=O) groups is 1. The van der Waals surface area contributed by atoms with Crippen LogP contribution in [0.5, 0.6) is 0 Å². The molecule has 124 valence electrons. The molecule has 0 radical (unpaired) electrons. The molecule has 0 aliphatic rings. The Bertz CT molecular complexity index is 651. The van der Waals surface area contributed by atoms with Gasteiger partial charge < -0.3 is 14.2 Å². The molecular formula is C16H17Cl3N2O2. The molecule has 1 aromatic heterocycles. The lowest BCUT2D eigenvalue weighted by Gasteiger charge is -2.40. The maximum atomic E-state index is 12.5. The van der Waals surface area contributed by atoms with E-state index in [4.69, 9.17) is 39.2 Å². The van der Waals surface area contributed by atoms with Crippen LogP contribution in [0.4, 0.5) is 5.69 Å².